The van der Waals surface area contributed by atoms with E-state index in [1.807, 2.05) is 7.05 Å². The zero-order valence-corrected chi connectivity index (χ0v) is 10.6. The summed E-state index contributed by atoms with van der Waals surface area (Å²) in [6, 6.07) is 8.70. The third-order valence-electron chi connectivity index (χ3n) is 2.99. The summed E-state index contributed by atoms with van der Waals surface area (Å²) in [5.41, 5.74) is 4.00. The van der Waals surface area contributed by atoms with Gasteiger partial charge in [-0.2, -0.15) is 0 Å². The van der Waals surface area contributed by atoms with Crippen LogP contribution in [0.4, 0.5) is 5.69 Å². The molecule has 0 amide bonds. The lowest BCUT2D eigenvalue weighted by atomic mass is 10.0. The van der Waals surface area contributed by atoms with Crippen molar-refractivity contribution in [1.29, 1.82) is 0 Å². The lowest BCUT2D eigenvalue weighted by Crippen LogP contribution is -1.90. The van der Waals surface area contributed by atoms with Crippen molar-refractivity contribution in [2.45, 2.75) is 39.0 Å². The summed E-state index contributed by atoms with van der Waals surface area (Å²) in [7, 11) is 1.95. The lowest BCUT2D eigenvalue weighted by molar-refractivity contribution is 0.718. The van der Waals surface area contributed by atoms with Crippen molar-refractivity contribution in [1.82, 2.24) is 0 Å². The molecule has 0 saturated carbocycles. The van der Waals surface area contributed by atoms with Gasteiger partial charge in [-0.3, -0.25) is 0 Å². The highest BCUT2D eigenvalue weighted by Crippen LogP contribution is 2.13. The zero-order chi connectivity index (χ0) is 11.8. The molecule has 0 aliphatic heterocycles. The maximum Gasteiger partial charge on any atom is 0.0337 e. The van der Waals surface area contributed by atoms with Crippen LogP contribution in [0, 0.1) is 0 Å². The number of allylic oxidation sites excluding steroid dienone is 1. The van der Waals surface area contributed by atoms with Crippen molar-refractivity contribution < 1.29 is 0 Å². The maximum atomic E-state index is 4.03. The van der Waals surface area contributed by atoms with Crippen LogP contribution in [0.25, 0.3) is 0 Å². The number of aryl methyl sites for hydroxylation is 1. The predicted octanol–water partition coefficient (Wildman–Crippen LogP) is 4.41. The van der Waals surface area contributed by atoms with Gasteiger partial charge in [0.25, 0.3) is 0 Å². The minimum atomic E-state index is 1.12. The Morgan fingerprint density at radius 2 is 1.88 bits per heavy atom. The average Bonchev–Trinajstić information content (AvgIpc) is 2.35. The van der Waals surface area contributed by atoms with Gasteiger partial charge in [-0.25, -0.2) is 0 Å². The Balaban J connectivity index is 2.24. The highest BCUT2D eigenvalue weighted by Gasteiger charge is 1.95. The number of benzene rings is 1. The van der Waals surface area contributed by atoms with Gasteiger partial charge in [0, 0.05) is 12.7 Å². The molecule has 0 spiro atoms. The molecule has 1 N–H and O–H groups in total. The van der Waals surface area contributed by atoms with Gasteiger partial charge in [-0.05, 0) is 49.8 Å². The van der Waals surface area contributed by atoms with Gasteiger partial charge in [-0.1, -0.05) is 31.2 Å². The van der Waals surface area contributed by atoms with E-state index in [-0.39, 0.29) is 0 Å². The molecule has 16 heavy (non-hydrogen) atoms. The number of anilines is 1. The molecule has 0 radical (unpaired) electrons. The number of hydrogen-bond donors (Lipinski definition) is 1. The number of hydrogen-bond acceptors (Lipinski definition) is 1. The summed E-state index contributed by atoms with van der Waals surface area (Å²) in [6.07, 6.45) is 6.02. The van der Waals surface area contributed by atoms with Crippen LogP contribution in [0.5, 0.6) is 0 Å². The topological polar surface area (TPSA) is 12.0 Å². The van der Waals surface area contributed by atoms with Gasteiger partial charge >= 0.3 is 0 Å². The number of rotatable bonds is 7. The molecular weight excluding hydrogens is 194 g/mol. The fourth-order valence-electron chi connectivity index (χ4n) is 1.72. The summed E-state index contributed by atoms with van der Waals surface area (Å²) in [4.78, 5) is 0. The third kappa shape index (κ3) is 4.52. The summed E-state index contributed by atoms with van der Waals surface area (Å²) < 4.78 is 0. The molecule has 88 valence electrons. The van der Waals surface area contributed by atoms with Crippen molar-refractivity contribution in [3.05, 3.63) is 42.0 Å². The van der Waals surface area contributed by atoms with Crippen LogP contribution in [0.2, 0.25) is 0 Å². The van der Waals surface area contributed by atoms with Crippen molar-refractivity contribution >= 4 is 5.69 Å². The number of nitrogens with one attached hydrogen (secondary N) is 1. The van der Waals surface area contributed by atoms with Gasteiger partial charge in [0.15, 0.2) is 0 Å². The second-order valence-electron chi connectivity index (χ2n) is 4.26. The molecule has 1 nitrogen and oxygen atoms in total. The first-order chi connectivity index (χ1) is 7.76. The predicted molar refractivity (Wildman–Crippen MR) is 73.0 cm³/mol. The number of unbranched alkanes of at least 4 members (excludes halogenated alkanes) is 1. The monoisotopic (exact) mass is 217 g/mol. The van der Waals surface area contributed by atoms with E-state index < -0.39 is 0 Å². The van der Waals surface area contributed by atoms with Gasteiger partial charge < -0.3 is 5.32 Å². The van der Waals surface area contributed by atoms with Crippen LogP contribution < -0.4 is 5.32 Å². The standard InChI is InChI=1S/C15H23N/c1-4-13(2)7-5-6-8-14-9-11-15(16-3)12-10-14/h9-12,16H,2,4-8H2,1,3H3. The summed E-state index contributed by atoms with van der Waals surface area (Å²) >= 11 is 0. The molecular formula is C15H23N. The first-order valence-corrected chi connectivity index (χ1v) is 6.19. The van der Waals surface area contributed by atoms with E-state index in [0.29, 0.717) is 0 Å². The minimum Gasteiger partial charge on any atom is -0.388 e. The van der Waals surface area contributed by atoms with Crippen molar-refractivity contribution in [3.8, 4) is 0 Å². The summed E-state index contributed by atoms with van der Waals surface area (Å²) in [5.74, 6) is 0. The van der Waals surface area contributed by atoms with E-state index in [9.17, 15) is 0 Å². The second kappa shape index (κ2) is 7.10. The van der Waals surface area contributed by atoms with Crippen LogP contribution in [0.1, 0.15) is 38.2 Å². The molecule has 1 rings (SSSR count). The van der Waals surface area contributed by atoms with Crippen molar-refractivity contribution in [2.24, 2.45) is 0 Å². The average molecular weight is 217 g/mol. The first-order valence-electron chi connectivity index (χ1n) is 6.19. The highest BCUT2D eigenvalue weighted by molar-refractivity contribution is 5.43. The second-order valence-corrected chi connectivity index (χ2v) is 4.26. The Labute approximate surface area is 99.6 Å². The molecule has 0 aromatic heterocycles. The molecule has 1 heteroatoms. The molecule has 0 atom stereocenters. The third-order valence-corrected chi connectivity index (χ3v) is 2.99. The van der Waals surface area contributed by atoms with E-state index in [1.54, 1.807) is 0 Å². The van der Waals surface area contributed by atoms with E-state index in [2.05, 4.69) is 43.1 Å². The first kappa shape index (κ1) is 12.8. The van der Waals surface area contributed by atoms with Gasteiger partial charge in [-0.15, -0.1) is 0 Å². The van der Waals surface area contributed by atoms with E-state index in [0.717, 1.165) is 6.42 Å². The Morgan fingerprint density at radius 3 is 2.44 bits per heavy atom. The molecule has 0 heterocycles. The van der Waals surface area contributed by atoms with Crippen molar-refractivity contribution in [3.63, 3.8) is 0 Å². The van der Waals surface area contributed by atoms with Crippen molar-refractivity contribution in [2.75, 3.05) is 12.4 Å². The quantitative estimate of drug-likeness (QED) is 0.527. The van der Waals surface area contributed by atoms with E-state index >= 15 is 0 Å². The van der Waals surface area contributed by atoms with Crippen LogP contribution in [0.15, 0.2) is 36.4 Å². The van der Waals surface area contributed by atoms with Crippen LogP contribution in [-0.2, 0) is 6.42 Å². The highest BCUT2D eigenvalue weighted by atomic mass is 14.8. The summed E-state index contributed by atoms with van der Waals surface area (Å²) in [6.45, 7) is 6.21. The smallest absolute Gasteiger partial charge is 0.0337 e. The minimum absolute atomic E-state index is 1.12. The maximum absolute atomic E-state index is 4.03. The SMILES string of the molecule is C=C(CC)CCCCc1ccc(NC)cc1. The van der Waals surface area contributed by atoms with Crippen LogP contribution >= 0.6 is 0 Å². The zero-order valence-electron chi connectivity index (χ0n) is 10.6. The molecule has 0 unspecified atom stereocenters. The van der Waals surface area contributed by atoms with E-state index in [4.69, 9.17) is 0 Å². The molecule has 1 aromatic carbocycles. The Kier molecular flexibility index (Phi) is 5.69. The largest absolute Gasteiger partial charge is 0.388 e. The van der Waals surface area contributed by atoms with Gasteiger partial charge in [0.1, 0.15) is 0 Å². The molecule has 1 aromatic rings. The van der Waals surface area contributed by atoms with Gasteiger partial charge in [0.05, 0.1) is 0 Å². The fourth-order valence-corrected chi connectivity index (χ4v) is 1.72. The summed E-state index contributed by atoms with van der Waals surface area (Å²) in [5, 5.41) is 3.13. The Morgan fingerprint density at radius 1 is 1.19 bits per heavy atom. The molecule has 0 aliphatic rings. The van der Waals surface area contributed by atoms with Gasteiger partial charge in [0.2, 0.25) is 0 Å². The molecule has 0 bridgehead atoms. The fraction of sp³-hybridized carbons (Fsp3) is 0.467. The van der Waals surface area contributed by atoms with Crippen LogP contribution in [0.3, 0.4) is 0 Å². The molecule has 0 aliphatic carbocycles. The Bertz CT molecular complexity index is 311. The van der Waals surface area contributed by atoms with Crippen LogP contribution in [-0.4, -0.2) is 7.05 Å². The molecule has 0 saturated heterocycles. The van der Waals surface area contributed by atoms with E-state index in [1.165, 1.54) is 42.5 Å². The Hall–Kier alpha value is -1.24. The molecule has 0 fully saturated rings. The normalized spacial score (nSPS) is 10.1. The lowest BCUT2D eigenvalue weighted by Gasteiger charge is -2.04.